The summed E-state index contributed by atoms with van der Waals surface area (Å²) in [6.45, 7) is 3.98. The van der Waals surface area contributed by atoms with Gasteiger partial charge in [0.05, 0.1) is 25.0 Å². The lowest BCUT2D eigenvalue weighted by molar-refractivity contribution is -0.121. The average molecular weight is 405 g/mol. The van der Waals surface area contributed by atoms with Crippen LogP contribution in [0.15, 0.2) is 48.7 Å². The van der Waals surface area contributed by atoms with Gasteiger partial charge in [-0.15, -0.1) is 5.10 Å². The van der Waals surface area contributed by atoms with Crippen molar-refractivity contribution in [3.63, 3.8) is 0 Å². The molecular weight excluding hydrogens is 376 g/mol. The Balaban J connectivity index is 1.53. The Hall–Kier alpha value is -3.15. The minimum absolute atomic E-state index is 0.115. The molecular formula is C24H28N4O2. The molecule has 3 aromatic rings. The molecule has 0 bridgehead atoms. The first-order chi connectivity index (χ1) is 14.6. The minimum atomic E-state index is 0.115. The number of methoxy groups -OCH3 is 1. The summed E-state index contributed by atoms with van der Waals surface area (Å²) < 4.78 is 7.33. The Morgan fingerprint density at radius 3 is 2.63 bits per heavy atom. The van der Waals surface area contributed by atoms with Crippen LogP contribution in [-0.4, -0.2) is 34.1 Å². The lowest BCUT2D eigenvalue weighted by atomic mass is 9.98. The van der Waals surface area contributed by atoms with Gasteiger partial charge >= 0.3 is 0 Å². The van der Waals surface area contributed by atoms with Crippen molar-refractivity contribution in [3.05, 3.63) is 54.2 Å². The summed E-state index contributed by atoms with van der Waals surface area (Å²) in [6, 6.07) is 15.1. The van der Waals surface area contributed by atoms with Gasteiger partial charge in [0.25, 0.3) is 0 Å². The molecule has 0 aliphatic heterocycles. The van der Waals surface area contributed by atoms with Gasteiger partial charge < -0.3 is 10.1 Å². The van der Waals surface area contributed by atoms with Gasteiger partial charge in [-0.2, -0.15) is 0 Å². The molecule has 1 N–H and O–H groups in total. The summed E-state index contributed by atoms with van der Waals surface area (Å²) in [5, 5.41) is 11.6. The first-order valence-electron chi connectivity index (χ1n) is 10.5. The van der Waals surface area contributed by atoms with E-state index in [-0.39, 0.29) is 18.0 Å². The fourth-order valence-electron chi connectivity index (χ4n) is 4.27. The third kappa shape index (κ3) is 4.08. The smallest absolute Gasteiger partial charge is 0.219 e. The van der Waals surface area contributed by atoms with E-state index >= 15 is 0 Å². The second-order valence-electron chi connectivity index (χ2n) is 7.91. The lowest BCUT2D eigenvalue weighted by Gasteiger charge is -2.15. The van der Waals surface area contributed by atoms with E-state index in [1.807, 2.05) is 23.9 Å². The average Bonchev–Trinajstić information content (AvgIpc) is 3.43. The monoisotopic (exact) mass is 404 g/mol. The zero-order valence-electron chi connectivity index (χ0n) is 17.8. The van der Waals surface area contributed by atoms with Crippen molar-refractivity contribution < 1.29 is 9.53 Å². The molecule has 1 amide bonds. The highest BCUT2D eigenvalue weighted by Crippen LogP contribution is 2.34. The number of hydrogen-bond acceptors (Lipinski definition) is 4. The molecule has 1 aliphatic rings. The molecule has 4 rings (SSSR count). The quantitative estimate of drug-likeness (QED) is 0.654. The number of benzene rings is 2. The van der Waals surface area contributed by atoms with Crippen LogP contribution in [-0.2, 0) is 4.79 Å². The molecule has 1 heterocycles. The maximum atomic E-state index is 11.7. The Bertz CT molecular complexity index is 1030. The first kappa shape index (κ1) is 20.1. The summed E-state index contributed by atoms with van der Waals surface area (Å²) >= 11 is 0. The minimum Gasteiger partial charge on any atom is -0.497 e. The van der Waals surface area contributed by atoms with Crippen LogP contribution in [0.1, 0.15) is 44.2 Å². The second-order valence-corrected chi connectivity index (χ2v) is 7.91. The van der Waals surface area contributed by atoms with Gasteiger partial charge in [-0.1, -0.05) is 42.5 Å². The van der Waals surface area contributed by atoms with Gasteiger partial charge in [0.2, 0.25) is 5.91 Å². The van der Waals surface area contributed by atoms with Gasteiger partial charge in [0, 0.05) is 18.0 Å². The van der Waals surface area contributed by atoms with E-state index in [2.05, 4.69) is 59.0 Å². The highest BCUT2D eigenvalue weighted by molar-refractivity contribution is 5.76. The normalized spacial score (nSPS) is 18.4. The Morgan fingerprint density at radius 2 is 1.93 bits per heavy atom. The third-order valence-electron chi connectivity index (χ3n) is 5.94. The highest BCUT2D eigenvalue weighted by atomic mass is 16.5. The molecule has 0 spiro atoms. The fraction of sp³-hybridized carbons (Fsp3) is 0.375. The number of nitrogens with one attached hydrogen (secondary N) is 1. The second kappa shape index (κ2) is 8.69. The molecule has 6 nitrogen and oxygen atoms in total. The van der Waals surface area contributed by atoms with Gasteiger partial charge in [0.15, 0.2) is 0 Å². The van der Waals surface area contributed by atoms with E-state index in [4.69, 9.17) is 4.74 Å². The van der Waals surface area contributed by atoms with Gasteiger partial charge in [-0.05, 0) is 55.0 Å². The molecule has 1 aliphatic carbocycles. The number of ether oxygens (including phenoxy) is 1. The number of nitrogens with zero attached hydrogens (tertiary/aromatic N) is 3. The van der Waals surface area contributed by atoms with Gasteiger partial charge in [-0.3, -0.25) is 4.79 Å². The van der Waals surface area contributed by atoms with Crippen LogP contribution in [0.2, 0.25) is 0 Å². The van der Waals surface area contributed by atoms with Crippen LogP contribution >= 0.6 is 0 Å². The molecule has 1 aromatic heterocycles. The molecule has 2 aromatic carbocycles. The number of amides is 1. The van der Waals surface area contributed by atoms with Crippen molar-refractivity contribution in [3.8, 4) is 28.1 Å². The molecule has 1 fully saturated rings. The summed E-state index contributed by atoms with van der Waals surface area (Å²) in [6.07, 6.45) is 5.21. The molecule has 0 radical (unpaired) electrons. The maximum absolute atomic E-state index is 11.7. The van der Waals surface area contributed by atoms with E-state index in [1.165, 1.54) is 16.7 Å². The Morgan fingerprint density at radius 1 is 1.17 bits per heavy atom. The van der Waals surface area contributed by atoms with E-state index in [0.717, 1.165) is 36.3 Å². The number of rotatable bonds is 6. The number of aryl methyl sites for hydroxylation is 1. The van der Waals surface area contributed by atoms with Crippen molar-refractivity contribution in [2.45, 2.75) is 51.6 Å². The lowest BCUT2D eigenvalue weighted by Crippen LogP contribution is -2.32. The predicted molar refractivity (Wildman–Crippen MR) is 117 cm³/mol. The van der Waals surface area contributed by atoms with Crippen LogP contribution in [0.5, 0.6) is 5.75 Å². The number of aromatic nitrogens is 3. The Labute approximate surface area is 177 Å². The molecule has 156 valence electrons. The van der Waals surface area contributed by atoms with Crippen molar-refractivity contribution in [1.82, 2.24) is 20.3 Å². The van der Waals surface area contributed by atoms with Gasteiger partial charge in [-0.25, -0.2) is 4.68 Å². The summed E-state index contributed by atoms with van der Waals surface area (Å²) in [5.74, 6) is 0.983. The Kier molecular flexibility index (Phi) is 5.84. The van der Waals surface area contributed by atoms with E-state index in [9.17, 15) is 4.79 Å². The first-order valence-corrected chi connectivity index (χ1v) is 10.5. The van der Waals surface area contributed by atoms with Crippen molar-refractivity contribution in [1.29, 1.82) is 0 Å². The largest absolute Gasteiger partial charge is 0.497 e. The molecule has 6 heteroatoms. The van der Waals surface area contributed by atoms with Crippen LogP contribution < -0.4 is 10.1 Å². The van der Waals surface area contributed by atoms with Crippen LogP contribution in [0.4, 0.5) is 0 Å². The SMILES string of the molecule is CCC(=O)N[C@H]1CC[C@@H](n2nncc2-c2ccc(-c3ccc(OC)cc3C)cc2)C1. The molecule has 0 saturated heterocycles. The third-order valence-corrected chi connectivity index (χ3v) is 5.94. The maximum Gasteiger partial charge on any atom is 0.219 e. The van der Waals surface area contributed by atoms with Crippen molar-refractivity contribution >= 4 is 5.91 Å². The molecule has 30 heavy (non-hydrogen) atoms. The molecule has 0 unspecified atom stereocenters. The summed E-state index contributed by atoms with van der Waals surface area (Å²) in [5.41, 5.74) is 5.65. The zero-order valence-corrected chi connectivity index (χ0v) is 17.8. The number of carbonyl (C=O) groups is 1. The topological polar surface area (TPSA) is 69.0 Å². The van der Waals surface area contributed by atoms with Gasteiger partial charge in [0.1, 0.15) is 5.75 Å². The van der Waals surface area contributed by atoms with Crippen LogP contribution in [0, 0.1) is 6.92 Å². The van der Waals surface area contributed by atoms with Crippen molar-refractivity contribution in [2.24, 2.45) is 0 Å². The number of carbonyl (C=O) groups excluding carboxylic acids is 1. The number of hydrogen-bond donors (Lipinski definition) is 1. The molecule has 2 atom stereocenters. The van der Waals surface area contributed by atoms with E-state index in [0.29, 0.717) is 6.42 Å². The van der Waals surface area contributed by atoms with Crippen LogP contribution in [0.25, 0.3) is 22.4 Å². The van der Waals surface area contributed by atoms with E-state index in [1.54, 1.807) is 7.11 Å². The predicted octanol–water partition coefficient (Wildman–Crippen LogP) is 4.55. The van der Waals surface area contributed by atoms with Crippen molar-refractivity contribution in [2.75, 3.05) is 7.11 Å². The molecule has 1 saturated carbocycles. The summed E-state index contributed by atoms with van der Waals surface area (Å²) in [4.78, 5) is 11.7. The zero-order chi connectivity index (χ0) is 21.1. The fourth-order valence-corrected chi connectivity index (χ4v) is 4.27. The summed E-state index contributed by atoms with van der Waals surface area (Å²) in [7, 11) is 1.69. The van der Waals surface area contributed by atoms with E-state index < -0.39 is 0 Å². The standard InChI is InChI=1S/C24H28N4O2/c1-4-24(29)26-19-9-10-20(14-19)28-23(15-25-27-28)18-7-5-17(6-8-18)22-12-11-21(30-3)13-16(22)2/h5-8,11-13,15,19-20H,4,9-10,14H2,1-3H3,(H,26,29)/t19-,20+/m0/s1. The van der Waals surface area contributed by atoms with Crippen LogP contribution in [0.3, 0.4) is 0 Å². The highest BCUT2D eigenvalue weighted by Gasteiger charge is 2.29.